The first-order valence-electron chi connectivity index (χ1n) is 7.69. The number of ether oxygens (including phenoxy) is 1. The molecule has 2 aliphatic heterocycles. The molecule has 3 amide bonds. The molecule has 3 rings (SSSR count). The number of anilines is 2. The Morgan fingerprint density at radius 3 is 3.05 bits per heavy atom. The molecule has 6 heteroatoms. The summed E-state index contributed by atoms with van der Waals surface area (Å²) in [5.41, 5.74) is 1.31. The molecule has 2 aliphatic rings. The fourth-order valence-electron chi connectivity index (χ4n) is 2.97. The van der Waals surface area contributed by atoms with Crippen LogP contribution in [0.1, 0.15) is 26.7 Å². The van der Waals surface area contributed by atoms with Gasteiger partial charge in [-0.25, -0.2) is 4.79 Å². The van der Waals surface area contributed by atoms with Crippen LogP contribution in [0.3, 0.4) is 0 Å². The maximum absolute atomic E-state index is 12.4. The van der Waals surface area contributed by atoms with E-state index in [-0.39, 0.29) is 24.6 Å². The number of nitrogens with one attached hydrogen (secondary N) is 2. The lowest BCUT2D eigenvalue weighted by Crippen LogP contribution is -2.47. The smallest absolute Gasteiger partial charge is 0.322 e. The van der Waals surface area contributed by atoms with E-state index >= 15 is 0 Å². The van der Waals surface area contributed by atoms with Gasteiger partial charge in [-0.1, -0.05) is 6.92 Å². The van der Waals surface area contributed by atoms with Gasteiger partial charge < -0.3 is 20.3 Å². The van der Waals surface area contributed by atoms with Crippen molar-refractivity contribution in [3.8, 4) is 5.75 Å². The highest BCUT2D eigenvalue weighted by Gasteiger charge is 2.28. The number of piperidine rings is 1. The number of nitrogens with zero attached hydrogens (tertiary/aromatic N) is 1. The van der Waals surface area contributed by atoms with Crippen molar-refractivity contribution >= 4 is 23.3 Å². The highest BCUT2D eigenvalue weighted by Crippen LogP contribution is 2.31. The Kier molecular flexibility index (Phi) is 3.92. The van der Waals surface area contributed by atoms with Crippen molar-refractivity contribution in [2.75, 3.05) is 23.8 Å². The zero-order valence-corrected chi connectivity index (χ0v) is 12.9. The van der Waals surface area contributed by atoms with Gasteiger partial charge >= 0.3 is 6.03 Å². The topological polar surface area (TPSA) is 70.7 Å². The molecular formula is C16H21N3O3. The van der Waals surface area contributed by atoms with Crippen LogP contribution in [-0.4, -0.2) is 36.0 Å². The van der Waals surface area contributed by atoms with E-state index in [1.165, 1.54) is 0 Å². The molecular weight excluding hydrogens is 282 g/mol. The van der Waals surface area contributed by atoms with E-state index in [1.807, 2.05) is 4.90 Å². The summed E-state index contributed by atoms with van der Waals surface area (Å²) in [5, 5.41) is 5.65. The molecule has 6 nitrogen and oxygen atoms in total. The van der Waals surface area contributed by atoms with Gasteiger partial charge in [0.05, 0.1) is 5.69 Å². The van der Waals surface area contributed by atoms with Gasteiger partial charge in [-0.2, -0.15) is 0 Å². The number of carbonyl (C=O) groups is 2. The highest BCUT2D eigenvalue weighted by molar-refractivity contribution is 5.96. The third-order valence-corrected chi connectivity index (χ3v) is 4.50. The summed E-state index contributed by atoms with van der Waals surface area (Å²) in [6.07, 6.45) is 2.20. The van der Waals surface area contributed by atoms with Crippen LogP contribution in [-0.2, 0) is 4.79 Å². The summed E-state index contributed by atoms with van der Waals surface area (Å²) in [5.74, 6) is 0.930. The molecule has 1 saturated heterocycles. The van der Waals surface area contributed by atoms with Gasteiger partial charge in [-0.15, -0.1) is 0 Å². The van der Waals surface area contributed by atoms with Crippen LogP contribution in [0.15, 0.2) is 18.2 Å². The number of hydrogen-bond acceptors (Lipinski definition) is 3. The second kappa shape index (κ2) is 5.87. The monoisotopic (exact) mass is 303 g/mol. The van der Waals surface area contributed by atoms with E-state index in [0.717, 1.165) is 19.4 Å². The summed E-state index contributed by atoms with van der Waals surface area (Å²) < 4.78 is 5.36. The summed E-state index contributed by atoms with van der Waals surface area (Å²) in [6, 6.07) is 5.40. The molecule has 0 unspecified atom stereocenters. The molecule has 2 heterocycles. The number of carbonyl (C=O) groups excluding carboxylic acids is 2. The maximum atomic E-state index is 12.4. The second-order valence-corrected chi connectivity index (χ2v) is 6.03. The minimum Gasteiger partial charge on any atom is -0.482 e. The second-order valence-electron chi connectivity index (χ2n) is 6.03. The van der Waals surface area contributed by atoms with Gasteiger partial charge in [-0.05, 0) is 37.8 Å². The first kappa shape index (κ1) is 14.7. The molecule has 0 spiro atoms. The van der Waals surface area contributed by atoms with Crippen molar-refractivity contribution in [2.24, 2.45) is 5.92 Å². The quantitative estimate of drug-likeness (QED) is 0.838. The van der Waals surface area contributed by atoms with Crippen LogP contribution in [0.5, 0.6) is 5.75 Å². The maximum Gasteiger partial charge on any atom is 0.322 e. The lowest BCUT2D eigenvalue weighted by atomic mass is 9.92. The molecule has 0 saturated carbocycles. The van der Waals surface area contributed by atoms with Crippen molar-refractivity contribution in [2.45, 2.75) is 32.7 Å². The van der Waals surface area contributed by atoms with Crippen molar-refractivity contribution in [1.82, 2.24) is 4.90 Å². The predicted molar refractivity (Wildman–Crippen MR) is 84.2 cm³/mol. The van der Waals surface area contributed by atoms with Gasteiger partial charge in [-0.3, -0.25) is 4.79 Å². The van der Waals surface area contributed by atoms with Crippen LogP contribution < -0.4 is 15.4 Å². The lowest BCUT2D eigenvalue weighted by Gasteiger charge is -2.37. The molecule has 1 fully saturated rings. The Labute approximate surface area is 129 Å². The SMILES string of the molecule is C[C@H]1CCCN(C(=O)Nc2ccc3c(c2)OCC(=O)N3)[C@H]1C. The zero-order chi connectivity index (χ0) is 15.7. The standard InChI is InChI=1S/C16H21N3O3/c1-10-4-3-7-19(11(10)2)16(21)17-12-5-6-13-14(8-12)22-9-15(20)18-13/h5-6,8,10-11H,3-4,7,9H2,1-2H3,(H,17,21)(H,18,20)/t10-,11-/m0/s1. The Morgan fingerprint density at radius 2 is 2.23 bits per heavy atom. The number of rotatable bonds is 1. The number of amides is 3. The van der Waals surface area contributed by atoms with Gasteiger partial charge in [0.15, 0.2) is 6.61 Å². The molecule has 2 atom stereocenters. The average Bonchev–Trinajstić information content (AvgIpc) is 2.50. The largest absolute Gasteiger partial charge is 0.482 e. The molecule has 22 heavy (non-hydrogen) atoms. The summed E-state index contributed by atoms with van der Waals surface area (Å²) in [7, 11) is 0. The Hall–Kier alpha value is -2.24. The Balaban J connectivity index is 1.70. The van der Waals surface area contributed by atoms with E-state index in [0.29, 0.717) is 23.0 Å². The van der Waals surface area contributed by atoms with Gasteiger partial charge in [0.2, 0.25) is 0 Å². The van der Waals surface area contributed by atoms with E-state index in [9.17, 15) is 9.59 Å². The first-order valence-corrected chi connectivity index (χ1v) is 7.69. The molecule has 1 aromatic rings. The van der Waals surface area contributed by atoms with Crippen LogP contribution in [0.4, 0.5) is 16.2 Å². The average molecular weight is 303 g/mol. The third-order valence-electron chi connectivity index (χ3n) is 4.50. The molecule has 0 radical (unpaired) electrons. The van der Waals surface area contributed by atoms with Gasteiger partial charge in [0.1, 0.15) is 5.75 Å². The first-order chi connectivity index (χ1) is 10.5. The highest BCUT2D eigenvalue weighted by atomic mass is 16.5. The number of urea groups is 1. The summed E-state index contributed by atoms with van der Waals surface area (Å²) in [6.45, 7) is 5.06. The molecule has 1 aromatic carbocycles. The van der Waals surface area contributed by atoms with Crippen LogP contribution in [0, 0.1) is 5.92 Å². The molecule has 2 N–H and O–H groups in total. The minimum absolute atomic E-state index is 0.00503. The van der Waals surface area contributed by atoms with Crippen LogP contribution in [0.2, 0.25) is 0 Å². The van der Waals surface area contributed by atoms with E-state index < -0.39 is 0 Å². The minimum atomic E-state index is -0.166. The Bertz CT molecular complexity index is 602. The fourth-order valence-corrected chi connectivity index (χ4v) is 2.97. The van der Waals surface area contributed by atoms with Crippen molar-refractivity contribution in [3.63, 3.8) is 0 Å². The van der Waals surface area contributed by atoms with Crippen LogP contribution >= 0.6 is 0 Å². The number of likely N-dealkylation sites (tertiary alicyclic amines) is 1. The third kappa shape index (κ3) is 2.86. The normalized spacial score (nSPS) is 24.1. The van der Waals surface area contributed by atoms with Crippen molar-refractivity contribution < 1.29 is 14.3 Å². The van der Waals surface area contributed by atoms with Gasteiger partial charge in [0, 0.05) is 24.3 Å². The van der Waals surface area contributed by atoms with Gasteiger partial charge in [0.25, 0.3) is 5.91 Å². The predicted octanol–water partition coefficient (Wildman–Crippen LogP) is 2.67. The van der Waals surface area contributed by atoms with E-state index in [4.69, 9.17) is 4.74 Å². The lowest BCUT2D eigenvalue weighted by molar-refractivity contribution is -0.118. The van der Waals surface area contributed by atoms with Crippen molar-refractivity contribution in [3.05, 3.63) is 18.2 Å². The molecule has 0 aliphatic carbocycles. The Morgan fingerprint density at radius 1 is 1.41 bits per heavy atom. The number of hydrogen-bond donors (Lipinski definition) is 2. The summed E-state index contributed by atoms with van der Waals surface area (Å²) in [4.78, 5) is 25.6. The van der Waals surface area contributed by atoms with Crippen LogP contribution in [0.25, 0.3) is 0 Å². The number of fused-ring (bicyclic) bond motifs is 1. The molecule has 0 aromatic heterocycles. The fraction of sp³-hybridized carbons (Fsp3) is 0.500. The summed E-state index contributed by atoms with van der Waals surface area (Å²) >= 11 is 0. The molecule has 118 valence electrons. The zero-order valence-electron chi connectivity index (χ0n) is 12.9. The number of benzene rings is 1. The molecule has 0 bridgehead atoms. The van der Waals surface area contributed by atoms with E-state index in [2.05, 4.69) is 24.5 Å². The van der Waals surface area contributed by atoms with E-state index in [1.54, 1.807) is 18.2 Å². The van der Waals surface area contributed by atoms with Crippen molar-refractivity contribution in [1.29, 1.82) is 0 Å².